The number of ether oxygens (including phenoxy) is 1. The van der Waals surface area contributed by atoms with Gasteiger partial charge in [-0.2, -0.15) is 29.0 Å². The smallest absolute Gasteiger partial charge is 0.432 e. The molecule has 0 aromatic heterocycles. The van der Waals surface area contributed by atoms with Crippen LogP contribution >= 0.6 is 0 Å². The SMILES string of the molecule is CC1(C(F)(F)F)OC(=C(C#N)C#N)C(C#N)=C1c1ccccc1.CCC(C)N. The van der Waals surface area contributed by atoms with Crippen LogP contribution in [-0.4, -0.2) is 17.8 Å². The molecule has 1 aromatic carbocycles. The van der Waals surface area contributed by atoms with Gasteiger partial charge >= 0.3 is 6.18 Å². The molecule has 0 saturated carbocycles. The van der Waals surface area contributed by atoms with Gasteiger partial charge in [0.1, 0.15) is 23.8 Å². The summed E-state index contributed by atoms with van der Waals surface area (Å²) in [7, 11) is 0. The van der Waals surface area contributed by atoms with Gasteiger partial charge in [-0.3, -0.25) is 0 Å². The highest BCUT2D eigenvalue weighted by molar-refractivity contribution is 5.85. The number of nitriles is 3. The highest BCUT2D eigenvalue weighted by atomic mass is 19.4. The zero-order valence-electron chi connectivity index (χ0n) is 15.6. The van der Waals surface area contributed by atoms with E-state index < -0.39 is 34.3 Å². The quantitative estimate of drug-likeness (QED) is 0.758. The number of rotatable bonds is 2. The van der Waals surface area contributed by atoms with Gasteiger partial charge in [0, 0.05) is 11.6 Å². The van der Waals surface area contributed by atoms with Crippen molar-refractivity contribution in [2.24, 2.45) is 5.73 Å². The summed E-state index contributed by atoms with van der Waals surface area (Å²) < 4.78 is 45.7. The van der Waals surface area contributed by atoms with Gasteiger partial charge in [-0.15, -0.1) is 0 Å². The second-order valence-corrected chi connectivity index (χ2v) is 6.17. The van der Waals surface area contributed by atoms with Crippen LogP contribution in [0.25, 0.3) is 5.57 Å². The van der Waals surface area contributed by atoms with E-state index in [4.69, 9.17) is 21.0 Å². The first-order chi connectivity index (χ1) is 13.1. The van der Waals surface area contributed by atoms with E-state index in [1.54, 1.807) is 12.1 Å². The molecule has 8 heteroatoms. The summed E-state index contributed by atoms with van der Waals surface area (Å²) >= 11 is 0. The van der Waals surface area contributed by atoms with Crippen LogP contribution in [0.3, 0.4) is 0 Å². The average molecular weight is 388 g/mol. The molecule has 0 spiro atoms. The average Bonchev–Trinajstić information content (AvgIpc) is 2.97. The number of nitrogens with zero attached hydrogens (tertiary/aromatic N) is 3. The summed E-state index contributed by atoms with van der Waals surface area (Å²) in [5.41, 5.74) is 1.05. The zero-order chi connectivity index (χ0) is 21.5. The third-order valence-corrected chi connectivity index (χ3v) is 4.07. The number of allylic oxidation sites excluding steroid dienone is 2. The third-order valence-electron chi connectivity index (χ3n) is 4.07. The third kappa shape index (κ3) is 4.52. The van der Waals surface area contributed by atoms with E-state index in [9.17, 15) is 18.4 Å². The van der Waals surface area contributed by atoms with Crippen molar-refractivity contribution in [1.29, 1.82) is 15.8 Å². The maximum absolute atomic E-state index is 13.6. The molecule has 0 fully saturated rings. The highest BCUT2D eigenvalue weighted by Gasteiger charge is 2.61. The van der Waals surface area contributed by atoms with Crippen LogP contribution in [0.1, 0.15) is 32.8 Å². The number of alkyl halides is 3. The monoisotopic (exact) mass is 388 g/mol. The fourth-order valence-electron chi connectivity index (χ4n) is 2.29. The van der Waals surface area contributed by atoms with Crippen LogP contribution in [-0.2, 0) is 4.74 Å². The van der Waals surface area contributed by atoms with Gasteiger partial charge in [0.25, 0.3) is 0 Å². The fourth-order valence-corrected chi connectivity index (χ4v) is 2.29. The van der Waals surface area contributed by atoms with Gasteiger partial charge in [0.05, 0.1) is 0 Å². The van der Waals surface area contributed by atoms with Crippen molar-refractivity contribution in [1.82, 2.24) is 0 Å². The second kappa shape index (κ2) is 9.08. The molecule has 0 radical (unpaired) electrons. The lowest BCUT2D eigenvalue weighted by atomic mass is 9.87. The van der Waals surface area contributed by atoms with Crippen molar-refractivity contribution in [3.05, 3.63) is 52.8 Å². The molecule has 2 atom stereocenters. The molecule has 146 valence electrons. The molecule has 2 unspecified atom stereocenters. The number of hydrogen-bond donors (Lipinski definition) is 1. The van der Waals surface area contributed by atoms with Crippen molar-refractivity contribution in [2.45, 2.75) is 45.0 Å². The number of benzene rings is 1. The molecule has 2 rings (SSSR count). The van der Waals surface area contributed by atoms with Crippen LogP contribution in [0.2, 0.25) is 0 Å². The normalized spacial score (nSPS) is 19.4. The van der Waals surface area contributed by atoms with Gasteiger partial charge in [-0.05, 0) is 25.8 Å². The summed E-state index contributed by atoms with van der Waals surface area (Å²) in [4.78, 5) is 0. The number of halogens is 3. The van der Waals surface area contributed by atoms with Crippen LogP contribution in [0, 0.1) is 34.0 Å². The summed E-state index contributed by atoms with van der Waals surface area (Å²) in [6.45, 7) is 4.84. The van der Waals surface area contributed by atoms with Crippen molar-refractivity contribution >= 4 is 5.57 Å². The minimum absolute atomic E-state index is 0.133. The number of hydrogen-bond acceptors (Lipinski definition) is 5. The first-order valence-corrected chi connectivity index (χ1v) is 8.33. The van der Waals surface area contributed by atoms with Crippen LogP contribution in [0.5, 0.6) is 0 Å². The lowest BCUT2D eigenvalue weighted by Gasteiger charge is -2.30. The predicted octanol–water partition coefficient (Wildman–Crippen LogP) is 4.36. The van der Waals surface area contributed by atoms with Gasteiger partial charge in [0.15, 0.2) is 11.3 Å². The summed E-state index contributed by atoms with van der Waals surface area (Å²) in [6.07, 6.45) is -3.77. The highest BCUT2D eigenvalue weighted by Crippen LogP contribution is 2.52. The van der Waals surface area contributed by atoms with E-state index in [0.717, 1.165) is 13.3 Å². The lowest BCUT2D eigenvalue weighted by molar-refractivity contribution is -0.229. The molecule has 1 aliphatic rings. The van der Waals surface area contributed by atoms with E-state index in [-0.39, 0.29) is 5.56 Å². The summed E-state index contributed by atoms with van der Waals surface area (Å²) in [5, 5.41) is 27.1. The maximum atomic E-state index is 13.6. The molecule has 0 amide bonds. The first kappa shape index (κ1) is 22.8. The Kier molecular flexibility index (Phi) is 7.38. The van der Waals surface area contributed by atoms with E-state index in [1.165, 1.54) is 36.4 Å². The molecule has 5 nitrogen and oxygen atoms in total. The molecule has 1 heterocycles. The van der Waals surface area contributed by atoms with E-state index in [1.807, 2.05) is 6.92 Å². The summed E-state index contributed by atoms with van der Waals surface area (Å²) in [6, 6.07) is 12.4. The van der Waals surface area contributed by atoms with Gasteiger partial charge in [-0.25, -0.2) is 0 Å². The minimum atomic E-state index is -4.85. The Morgan fingerprint density at radius 2 is 1.68 bits per heavy atom. The Bertz CT molecular complexity index is 881. The van der Waals surface area contributed by atoms with Crippen LogP contribution < -0.4 is 5.73 Å². The molecular formula is C20H19F3N4O. The zero-order valence-corrected chi connectivity index (χ0v) is 15.6. The van der Waals surface area contributed by atoms with E-state index >= 15 is 0 Å². The van der Waals surface area contributed by atoms with Gasteiger partial charge in [-0.1, -0.05) is 37.3 Å². The predicted molar refractivity (Wildman–Crippen MR) is 96.7 cm³/mol. The Hall–Kier alpha value is -3.28. The Labute approximate surface area is 161 Å². The van der Waals surface area contributed by atoms with E-state index in [2.05, 4.69) is 6.92 Å². The van der Waals surface area contributed by atoms with Gasteiger partial charge in [0.2, 0.25) is 5.60 Å². The first-order valence-electron chi connectivity index (χ1n) is 8.33. The molecule has 1 aliphatic heterocycles. The summed E-state index contributed by atoms with van der Waals surface area (Å²) in [5.74, 6) is -0.642. The molecule has 28 heavy (non-hydrogen) atoms. The Morgan fingerprint density at radius 3 is 2.04 bits per heavy atom. The van der Waals surface area contributed by atoms with Crippen LogP contribution in [0.15, 0.2) is 47.2 Å². The van der Waals surface area contributed by atoms with Crippen molar-refractivity contribution < 1.29 is 17.9 Å². The molecule has 0 bridgehead atoms. The second-order valence-electron chi connectivity index (χ2n) is 6.17. The van der Waals surface area contributed by atoms with Gasteiger partial charge < -0.3 is 10.5 Å². The standard InChI is InChI=1S/C16H8F3N3O.C4H11N/c1-15(16(17,18)19)13(10-5-3-2-4-6-10)12(9-22)14(23-15)11(7-20)8-21;1-3-4(2)5/h2-6H,1H3;4H,3,5H2,1-2H3. The topological polar surface area (TPSA) is 107 Å². The van der Waals surface area contributed by atoms with Crippen molar-refractivity contribution in [2.75, 3.05) is 0 Å². The largest absolute Gasteiger partial charge is 0.470 e. The molecule has 0 saturated heterocycles. The minimum Gasteiger partial charge on any atom is -0.470 e. The number of nitrogens with two attached hydrogens (primary N) is 1. The molecule has 0 aliphatic carbocycles. The molecular weight excluding hydrogens is 369 g/mol. The maximum Gasteiger partial charge on any atom is 0.432 e. The van der Waals surface area contributed by atoms with Crippen molar-refractivity contribution in [3.63, 3.8) is 0 Å². The van der Waals surface area contributed by atoms with Crippen LogP contribution in [0.4, 0.5) is 13.2 Å². The fraction of sp³-hybridized carbons (Fsp3) is 0.350. The Balaban J connectivity index is 0.000000696. The van der Waals surface area contributed by atoms with Crippen molar-refractivity contribution in [3.8, 4) is 18.2 Å². The Morgan fingerprint density at radius 1 is 1.18 bits per heavy atom. The van der Waals surface area contributed by atoms with E-state index in [0.29, 0.717) is 6.04 Å². The molecule has 2 N–H and O–H groups in total. The lowest BCUT2D eigenvalue weighted by Crippen LogP contribution is -2.43. The molecule has 1 aromatic rings.